The van der Waals surface area contributed by atoms with Gasteiger partial charge in [0, 0.05) is 29.6 Å². The normalized spacial score (nSPS) is 23.5. The predicted octanol–water partition coefficient (Wildman–Crippen LogP) is 1.01. The summed E-state index contributed by atoms with van der Waals surface area (Å²) in [5.74, 6) is -0.250. The molecular formula is C14H20N2O3S. The number of hydrogen-bond acceptors (Lipinski definition) is 4. The van der Waals surface area contributed by atoms with E-state index in [0.717, 1.165) is 12.0 Å². The van der Waals surface area contributed by atoms with Crippen molar-refractivity contribution < 1.29 is 13.7 Å². The molecule has 1 aliphatic rings. The number of benzene rings is 1. The summed E-state index contributed by atoms with van der Waals surface area (Å²) in [5, 5.41) is 2.73. The van der Waals surface area contributed by atoms with Crippen LogP contribution in [0, 0.1) is 0 Å². The van der Waals surface area contributed by atoms with E-state index in [1.165, 1.54) is 0 Å². The topological polar surface area (TPSA) is 81.4 Å². The summed E-state index contributed by atoms with van der Waals surface area (Å²) in [6, 6.07) is 7.36. The Hall–Kier alpha value is -1.24. The lowest BCUT2D eigenvalue weighted by atomic mass is 10.2. The second-order valence-electron chi connectivity index (χ2n) is 4.84. The molecule has 0 spiro atoms. The first-order chi connectivity index (χ1) is 9.61. The van der Waals surface area contributed by atoms with Crippen molar-refractivity contribution >= 4 is 22.4 Å². The minimum Gasteiger partial charge on any atom is -0.377 e. The van der Waals surface area contributed by atoms with Crippen molar-refractivity contribution in [3.63, 3.8) is 0 Å². The Morgan fingerprint density at radius 1 is 1.50 bits per heavy atom. The Morgan fingerprint density at radius 3 is 2.90 bits per heavy atom. The number of carbonyl (C=O) groups excluding carboxylic acids is 1. The lowest BCUT2D eigenvalue weighted by Crippen LogP contribution is -2.30. The SMILES string of the molecule is CC1OCCC1S(=O)CC(=O)Nc1ccccc1CN. The maximum atomic E-state index is 12.2. The van der Waals surface area contributed by atoms with Crippen molar-refractivity contribution in [2.45, 2.75) is 31.2 Å². The molecule has 3 unspecified atom stereocenters. The lowest BCUT2D eigenvalue weighted by molar-refractivity contribution is -0.113. The van der Waals surface area contributed by atoms with Gasteiger partial charge in [0.1, 0.15) is 5.75 Å². The first kappa shape index (κ1) is 15.2. The molecule has 1 saturated heterocycles. The van der Waals surface area contributed by atoms with Crippen LogP contribution in [0.2, 0.25) is 0 Å². The monoisotopic (exact) mass is 296 g/mol. The lowest BCUT2D eigenvalue weighted by Gasteiger charge is -2.14. The zero-order chi connectivity index (χ0) is 14.5. The molecule has 6 heteroatoms. The summed E-state index contributed by atoms with van der Waals surface area (Å²) in [6.07, 6.45) is 0.709. The Labute approximate surface area is 121 Å². The number of hydrogen-bond donors (Lipinski definition) is 2. The Bertz CT molecular complexity index is 507. The average Bonchev–Trinajstić information content (AvgIpc) is 2.85. The molecule has 0 saturated carbocycles. The highest BCUT2D eigenvalue weighted by atomic mass is 32.2. The third-order valence-electron chi connectivity index (χ3n) is 3.43. The van der Waals surface area contributed by atoms with Gasteiger partial charge in [-0.1, -0.05) is 18.2 Å². The Kier molecular flexibility index (Phi) is 5.28. The Balaban J connectivity index is 1.93. The minimum absolute atomic E-state index is 0.00271. The van der Waals surface area contributed by atoms with Crippen LogP contribution in [0.1, 0.15) is 18.9 Å². The zero-order valence-corrected chi connectivity index (χ0v) is 12.3. The van der Waals surface area contributed by atoms with Gasteiger partial charge in [0.05, 0.1) is 11.4 Å². The zero-order valence-electron chi connectivity index (χ0n) is 11.5. The molecule has 1 aliphatic heterocycles. The smallest absolute Gasteiger partial charge is 0.237 e. The number of carbonyl (C=O) groups is 1. The van der Waals surface area contributed by atoms with Gasteiger partial charge in [0.15, 0.2) is 0 Å². The van der Waals surface area contributed by atoms with Gasteiger partial charge >= 0.3 is 0 Å². The van der Waals surface area contributed by atoms with E-state index in [9.17, 15) is 9.00 Å². The summed E-state index contributed by atoms with van der Waals surface area (Å²) in [7, 11) is -1.21. The molecule has 1 fully saturated rings. The number of nitrogens with one attached hydrogen (secondary N) is 1. The molecule has 2 rings (SSSR count). The third kappa shape index (κ3) is 3.65. The molecule has 1 amide bonds. The van der Waals surface area contributed by atoms with Crippen molar-refractivity contribution in [2.75, 3.05) is 17.7 Å². The van der Waals surface area contributed by atoms with Gasteiger partial charge in [-0.05, 0) is 25.0 Å². The maximum Gasteiger partial charge on any atom is 0.237 e. The summed E-state index contributed by atoms with van der Waals surface area (Å²) in [6.45, 7) is 2.87. The predicted molar refractivity (Wildman–Crippen MR) is 79.8 cm³/mol. The van der Waals surface area contributed by atoms with Gasteiger partial charge in [0.25, 0.3) is 0 Å². The maximum absolute atomic E-state index is 12.2. The number of nitrogens with two attached hydrogens (primary N) is 1. The standard InChI is InChI=1S/C14H20N2O3S/c1-10-13(6-7-19-10)20(18)9-14(17)16-12-5-3-2-4-11(12)8-15/h2-5,10,13H,6-9,15H2,1H3,(H,16,17). The second kappa shape index (κ2) is 6.97. The third-order valence-corrected chi connectivity index (χ3v) is 5.27. The number of para-hydroxylation sites is 1. The van der Waals surface area contributed by atoms with E-state index >= 15 is 0 Å². The highest BCUT2D eigenvalue weighted by Crippen LogP contribution is 2.19. The van der Waals surface area contributed by atoms with E-state index in [1.54, 1.807) is 6.07 Å². The Morgan fingerprint density at radius 2 is 2.25 bits per heavy atom. The molecule has 110 valence electrons. The summed E-state index contributed by atoms with van der Waals surface area (Å²) in [5.41, 5.74) is 7.17. The molecule has 3 atom stereocenters. The van der Waals surface area contributed by atoms with Gasteiger partial charge in [0.2, 0.25) is 5.91 Å². The van der Waals surface area contributed by atoms with Crippen molar-refractivity contribution in [3.8, 4) is 0 Å². The van der Waals surface area contributed by atoms with E-state index < -0.39 is 10.8 Å². The fourth-order valence-corrected chi connectivity index (χ4v) is 3.71. The number of amides is 1. The van der Waals surface area contributed by atoms with Crippen LogP contribution in [0.25, 0.3) is 0 Å². The molecule has 0 radical (unpaired) electrons. The van der Waals surface area contributed by atoms with Crippen LogP contribution in [-0.4, -0.2) is 33.8 Å². The minimum atomic E-state index is -1.21. The van der Waals surface area contributed by atoms with E-state index in [0.29, 0.717) is 18.8 Å². The molecule has 1 aromatic rings. The van der Waals surface area contributed by atoms with Crippen molar-refractivity contribution in [3.05, 3.63) is 29.8 Å². The van der Waals surface area contributed by atoms with Crippen molar-refractivity contribution in [1.82, 2.24) is 0 Å². The first-order valence-corrected chi connectivity index (χ1v) is 8.06. The molecule has 5 nitrogen and oxygen atoms in total. The number of anilines is 1. The van der Waals surface area contributed by atoms with Crippen LogP contribution < -0.4 is 11.1 Å². The summed E-state index contributed by atoms with van der Waals surface area (Å²) >= 11 is 0. The van der Waals surface area contributed by atoms with E-state index in [1.807, 2.05) is 25.1 Å². The highest BCUT2D eigenvalue weighted by Gasteiger charge is 2.30. The molecule has 0 bridgehead atoms. The molecule has 1 heterocycles. The van der Waals surface area contributed by atoms with Crippen LogP contribution in [0.3, 0.4) is 0 Å². The largest absolute Gasteiger partial charge is 0.377 e. The molecule has 0 aromatic heterocycles. The molecule has 3 N–H and O–H groups in total. The number of ether oxygens (including phenoxy) is 1. The fourth-order valence-electron chi connectivity index (χ4n) is 2.30. The first-order valence-electron chi connectivity index (χ1n) is 6.68. The van der Waals surface area contributed by atoms with Crippen LogP contribution in [0.15, 0.2) is 24.3 Å². The number of rotatable bonds is 5. The molecular weight excluding hydrogens is 276 g/mol. The van der Waals surface area contributed by atoms with Crippen molar-refractivity contribution in [1.29, 1.82) is 0 Å². The van der Waals surface area contributed by atoms with Gasteiger partial charge in [-0.15, -0.1) is 0 Å². The van der Waals surface area contributed by atoms with Crippen LogP contribution >= 0.6 is 0 Å². The highest BCUT2D eigenvalue weighted by molar-refractivity contribution is 7.86. The quantitative estimate of drug-likeness (QED) is 0.849. The summed E-state index contributed by atoms with van der Waals surface area (Å²) in [4.78, 5) is 12.0. The van der Waals surface area contributed by atoms with E-state index in [-0.39, 0.29) is 23.0 Å². The van der Waals surface area contributed by atoms with Crippen molar-refractivity contribution in [2.24, 2.45) is 5.73 Å². The fraction of sp³-hybridized carbons (Fsp3) is 0.500. The van der Waals surface area contributed by atoms with Crippen LogP contribution in [0.5, 0.6) is 0 Å². The van der Waals surface area contributed by atoms with Gasteiger partial charge in [-0.3, -0.25) is 9.00 Å². The molecule has 20 heavy (non-hydrogen) atoms. The second-order valence-corrected chi connectivity index (χ2v) is 6.49. The van der Waals surface area contributed by atoms with Gasteiger partial charge in [-0.2, -0.15) is 0 Å². The van der Waals surface area contributed by atoms with Crippen LogP contribution in [-0.2, 0) is 26.9 Å². The molecule has 1 aromatic carbocycles. The van der Waals surface area contributed by atoms with E-state index in [2.05, 4.69) is 5.32 Å². The van der Waals surface area contributed by atoms with Gasteiger partial charge in [-0.25, -0.2) is 0 Å². The van der Waals surface area contributed by atoms with Gasteiger partial charge < -0.3 is 15.8 Å². The van der Waals surface area contributed by atoms with E-state index in [4.69, 9.17) is 10.5 Å². The summed E-state index contributed by atoms with van der Waals surface area (Å²) < 4.78 is 17.5. The average molecular weight is 296 g/mol. The van der Waals surface area contributed by atoms with Crippen LogP contribution in [0.4, 0.5) is 5.69 Å². The molecule has 0 aliphatic carbocycles.